The number of nitrogens with one attached hydrogen (secondary N) is 1. The Labute approximate surface area is 143 Å². The minimum absolute atomic E-state index is 0.0786. The molecule has 0 aliphatic rings. The largest absolute Gasteiger partial charge is 0.497 e. The van der Waals surface area contributed by atoms with Gasteiger partial charge in [0.05, 0.1) is 19.3 Å². The Hall–Kier alpha value is -2.55. The summed E-state index contributed by atoms with van der Waals surface area (Å²) in [5.41, 5.74) is 5.78. The number of anilines is 1. The first-order valence-corrected chi connectivity index (χ1v) is 8.29. The van der Waals surface area contributed by atoms with Gasteiger partial charge in [-0.05, 0) is 19.1 Å². The number of primary amides is 1. The van der Waals surface area contributed by atoms with E-state index in [-0.39, 0.29) is 18.1 Å². The summed E-state index contributed by atoms with van der Waals surface area (Å²) in [5.74, 6) is 0.674. The highest BCUT2D eigenvalue weighted by Gasteiger charge is 2.15. The number of hydrogen-bond acceptors (Lipinski definition) is 6. The summed E-state index contributed by atoms with van der Waals surface area (Å²) in [6, 6.07) is 7.10. The Morgan fingerprint density at radius 2 is 2.17 bits per heavy atom. The molecular formula is C15H19N5O3S. The van der Waals surface area contributed by atoms with Crippen LogP contribution in [-0.2, 0) is 22.6 Å². The van der Waals surface area contributed by atoms with Gasteiger partial charge in [-0.15, -0.1) is 10.2 Å². The minimum Gasteiger partial charge on any atom is -0.497 e. The zero-order valence-corrected chi connectivity index (χ0v) is 14.3. The third kappa shape index (κ3) is 4.72. The Balaban J connectivity index is 2.04. The van der Waals surface area contributed by atoms with Crippen molar-refractivity contribution in [1.82, 2.24) is 14.8 Å². The topological polar surface area (TPSA) is 112 Å². The average Bonchev–Trinajstić information content (AvgIpc) is 2.94. The number of benzene rings is 1. The van der Waals surface area contributed by atoms with Crippen molar-refractivity contribution in [1.29, 1.82) is 0 Å². The normalized spacial score (nSPS) is 10.4. The molecule has 0 bridgehead atoms. The molecular weight excluding hydrogens is 330 g/mol. The quantitative estimate of drug-likeness (QED) is 0.689. The maximum absolute atomic E-state index is 12.2. The first-order valence-electron chi connectivity index (χ1n) is 7.30. The lowest BCUT2D eigenvalue weighted by atomic mass is 10.3. The molecule has 24 heavy (non-hydrogen) atoms. The van der Waals surface area contributed by atoms with E-state index in [0.717, 1.165) is 0 Å². The Bertz CT molecular complexity index is 732. The lowest BCUT2D eigenvalue weighted by Crippen LogP contribution is -2.18. The molecule has 1 aromatic heterocycles. The van der Waals surface area contributed by atoms with Crippen LogP contribution >= 0.6 is 11.8 Å². The molecule has 2 amide bonds. The highest BCUT2D eigenvalue weighted by molar-refractivity contribution is 7.99. The number of methoxy groups -OCH3 is 1. The summed E-state index contributed by atoms with van der Waals surface area (Å²) in [6.45, 7) is 2.51. The number of rotatable bonds is 8. The summed E-state index contributed by atoms with van der Waals surface area (Å²) >= 11 is 1.20. The van der Waals surface area contributed by atoms with Crippen LogP contribution in [0.2, 0.25) is 0 Å². The van der Waals surface area contributed by atoms with Crippen LogP contribution in [0, 0.1) is 0 Å². The Morgan fingerprint density at radius 3 is 2.83 bits per heavy atom. The van der Waals surface area contributed by atoms with Gasteiger partial charge < -0.3 is 20.4 Å². The molecule has 2 rings (SSSR count). The molecule has 3 N–H and O–H groups in total. The van der Waals surface area contributed by atoms with Crippen LogP contribution < -0.4 is 15.8 Å². The number of ether oxygens (including phenoxy) is 1. The van der Waals surface area contributed by atoms with Crippen molar-refractivity contribution in [3.05, 3.63) is 30.1 Å². The van der Waals surface area contributed by atoms with E-state index in [2.05, 4.69) is 15.5 Å². The number of amides is 2. The van der Waals surface area contributed by atoms with Crippen LogP contribution in [0.3, 0.4) is 0 Å². The van der Waals surface area contributed by atoms with Gasteiger partial charge in [0.25, 0.3) is 0 Å². The van der Waals surface area contributed by atoms with Crippen LogP contribution in [0.25, 0.3) is 0 Å². The average molecular weight is 349 g/mol. The van der Waals surface area contributed by atoms with E-state index in [4.69, 9.17) is 10.5 Å². The maximum atomic E-state index is 12.2. The molecule has 0 aliphatic carbocycles. The van der Waals surface area contributed by atoms with E-state index in [1.165, 1.54) is 11.8 Å². The number of carbonyl (C=O) groups is 2. The van der Waals surface area contributed by atoms with Crippen LogP contribution in [0.4, 0.5) is 5.69 Å². The molecule has 0 spiro atoms. The highest BCUT2D eigenvalue weighted by Crippen LogP contribution is 2.19. The SMILES string of the molecule is CCn1c(CC(=O)Nc2cccc(OC)c2)nnc1SCC(N)=O. The molecule has 0 radical (unpaired) electrons. The minimum atomic E-state index is -0.428. The van der Waals surface area contributed by atoms with Gasteiger partial charge in [0.15, 0.2) is 5.16 Å². The van der Waals surface area contributed by atoms with Gasteiger partial charge in [0, 0.05) is 18.3 Å². The van der Waals surface area contributed by atoms with E-state index in [1.807, 2.05) is 6.92 Å². The molecule has 0 fully saturated rings. The second-order valence-corrected chi connectivity index (χ2v) is 5.80. The molecule has 0 saturated carbocycles. The molecule has 128 valence electrons. The molecule has 1 heterocycles. The van der Waals surface area contributed by atoms with E-state index < -0.39 is 5.91 Å². The van der Waals surface area contributed by atoms with Gasteiger partial charge >= 0.3 is 0 Å². The van der Waals surface area contributed by atoms with E-state index in [0.29, 0.717) is 29.0 Å². The molecule has 0 aliphatic heterocycles. The fraction of sp³-hybridized carbons (Fsp3) is 0.333. The number of carbonyl (C=O) groups excluding carboxylic acids is 2. The van der Waals surface area contributed by atoms with Crippen molar-refractivity contribution in [3.63, 3.8) is 0 Å². The first kappa shape index (κ1) is 17.8. The van der Waals surface area contributed by atoms with Crippen molar-refractivity contribution >= 4 is 29.3 Å². The van der Waals surface area contributed by atoms with Gasteiger partial charge in [0.1, 0.15) is 11.6 Å². The van der Waals surface area contributed by atoms with Gasteiger partial charge in [-0.25, -0.2) is 0 Å². The summed E-state index contributed by atoms with van der Waals surface area (Å²) in [6.07, 6.45) is 0.0786. The summed E-state index contributed by atoms with van der Waals surface area (Å²) in [5, 5.41) is 11.4. The monoisotopic (exact) mass is 349 g/mol. The van der Waals surface area contributed by atoms with Gasteiger partial charge in [0.2, 0.25) is 11.8 Å². The fourth-order valence-corrected chi connectivity index (χ4v) is 2.82. The zero-order valence-electron chi connectivity index (χ0n) is 13.5. The van der Waals surface area contributed by atoms with Crippen molar-refractivity contribution in [2.24, 2.45) is 5.73 Å². The zero-order chi connectivity index (χ0) is 17.5. The van der Waals surface area contributed by atoms with E-state index >= 15 is 0 Å². The lowest BCUT2D eigenvalue weighted by molar-refractivity contribution is -0.116. The van der Waals surface area contributed by atoms with Gasteiger partial charge in [-0.1, -0.05) is 17.8 Å². The number of aromatic nitrogens is 3. The first-order chi connectivity index (χ1) is 11.5. The Kier molecular flexibility index (Phi) is 6.19. The molecule has 1 aromatic carbocycles. The van der Waals surface area contributed by atoms with Crippen LogP contribution in [-0.4, -0.2) is 39.4 Å². The van der Waals surface area contributed by atoms with Gasteiger partial charge in [-0.2, -0.15) is 0 Å². The van der Waals surface area contributed by atoms with Crippen molar-refractivity contribution in [3.8, 4) is 5.75 Å². The molecule has 2 aromatic rings. The standard InChI is InChI=1S/C15H19N5O3S/c1-3-20-13(18-19-15(20)24-9-12(16)21)8-14(22)17-10-5-4-6-11(7-10)23-2/h4-7H,3,8-9H2,1-2H3,(H2,16,21)(H,17,22). The van der Waals surface area contributed by atoms with Crippen molar-refractivity contribution in [2.75, 3.05) is 18.2 Å². The molecule has 0 saturated heterocycles. The van der Waals surface area contributed by atoms with E-state index in [9.17, 15) is 9.59 Å². The number of nitrogens with zero attached hydrogens (tertiary/aromatic N) is 3. The third-order valence-corrected chi connectivity index (χ3v) is 4.11. The lowest BCUT2D eigenvalue weighted by Gasteiger charge is -2.08. The predicted octanol–water partition coefficient (Wildman–Crippen LogP) is 1.07. The molecule has 9 heteroatoms. The van der Waals surface area contributed by atoms with Crippen LogP contribution in [0.1, 0.15) is 12.7 Å². The summed E-state index contributed by atoms with van der Waals surface area (Å²) in [7, 11) is 1.57. The van der Waals surface area contributed by atoms with Crippen LogP contribution in [0.5, 0.6) is 5.75 Å². The van der Waals surface area contributed by atoms with Crippen molar-refractivity contribution < 1.29 is 14.3 Å². The number of thioether (sulfide) groups is 1. The van der Waals surface area contributed by atoms with Crippen molar-refractivity contribution in [2.45, 2.75) is 25.0 Å². The smallest absolute Gasteiger partial charge is 0.232 e. The highest BCUT2D eigenvalue weighted by atomic mass is 32.2. The summed E-state index contributed by atoms with van der Waals surface area (Å²) < 4.78 is 6.91. The number of nitrogens with two attached hydrogens (primary N) is 1. The molecule has 0 unspecified atom stereocenters. The third-order valence-electron chi connectivity index (χ3n) is 3.13. The maximum Gasteiger partial charge on any atom is 0.232 e. The van der Waals surface area contributed by atoms with Crippen LogP contribution in [0.15, 0.2) is 29.4 Å². The number of hydrogen-bond donors (Lipinski definition) is 2. The second kappa shape index (κ2) is 8.34. The second-order valence-electron chi connectivity index (χ2n) is 4.85. The fourth-order valence-electron chi connectivity index (χ4n) is 2.06. The molecule has 0 atom stereocenters. The molecule has 8 nitrogen and oxygen atoms in total. The Morgan fingerprint density at radius 1 is 1.38 bits per heavy atom. The summed E-state index contributed by atoms with van der Waals surface area (Å²) in [4.78, 5) is 23.1. The van der Waals surface area contributed by atoms with Gasteiger partial charge in [-0.3, -0.25) is 9.59 Å². The predicted molar refractivity (Wildman–Crippen MR) is 90.9 cm³/mol. The van der Waals surface area contributed by atoms with E-state index in [1.54, 1.807) is 35.9 Å².